The van der Waals surface area contributed by atoms with Crippen LogP contribution in [0.2, 0.25) is 0 Å². The molecule has 1 N–H and O–H groups in total. The van der Waals surface area contributed by atoms with Crippen LogP contribution in [0.3, 0.4) is 0 Å². The SMILES string of the molecule is O=[N+]([O-])c1ccc(NC2CC3CCC2C3)c2nonc12. The molecule has 2 saturated carbocycles. The first-order valence-electron chi connectivity index (χ1n) is 6.88. The summed E-state index contributed by atoms with van der Waals surface area (Å²) >= 11 is 0. The summed E-state index contributed by atoms with van der Waals surface area (Å²) in [5.74, 6) is 1.55. The number of non-ortho nitro benzene ring substituents is 1. The second kappa shape index (κ2) is 4.16. The molecule has 0 amide bonds. The van der Waals surface area contributed by atoms with Crippen LogP contribution in [0.1, 0.15) is 25.7 Å². The lowest BCUT2D eigenvalue weighted by molar-refractivity contribution is -0.383. The zero-order chi connectivity index (χ0) is 13.7. The molecule has 7 heteroatoms. The summed E-state index contributed by atoms with van der Waals surface area (Å²) in [5.41, 5.74) is 1.37. The molecule has 3 atom stereocenters. The van der Waals surface area contributed by atoms with Crippen molar-refractivity contribution in [3.8, 4) is 0 Å². The molecule has 2 aromatic rings. The molecule has 1 aromatic heterocycles. The van der Waals surface area contributed by atoms with E-state index in [0.717, 1.165) is 11.6 Å². The Kier molecular flexibility index (Phi) is 2.42. The van der Waals surface area contributed by atoms with Crippen molar-refractivity contribution in [2.24, 2.45) is 11.8 Å². The van der Waals surface area contributed by atoms with E-state index in [2.05, 4.69) is 20.3 Å². The van der Waals surface area contributed by atoms with Gasteiger partial charge in [-0.1, -0.05) is 6.42 Å². The van der Waals surface area contributed by atoms with E-state index in [1.807, 2.05) is 0 Å². The van der Waals surface area contributed by atoms with Gasteiger partial charge in [0.25, 0.3) is 0 Å². The van der Waals surface area contributed by atoms with Gasteiger partial charge in [-0.2, -0.15) is 0 Å². The van der Waals surface area contributed by atoms with Crippen molar-refractivity contribution in [2.75, 3.05) is 5.32 Å². The maximum absolute atomic E-state index is 10.9. The quantitative estimate of drug-likeness (QED) is 0.683. The van der Waals surface area contributed by atoms with Crippen LogP contribution in [0.15, 0.2) is 16.8 Å². The molecule has 2 aliphatic carbocycles. The number of benzene rings is 1. The van der Waals surface area contributed by atoms with Crippen LogP contribution in [0.4, 0.5) is 11.4 Å². The number of rotatable bonds is 3. The van der Waals surface area contributed by atoms with Gasteiger partial charge in [-0.3, -0.25) is 10.1 Å². The molecule has 3 unspecified atom stereocenters. The van der Waals surface area contributed by atoms with Gasteiger partial charge in [-0.05, 0) is 47.5 Å². The Morgan fingerprint density at radius 2 is 2.10 bits per heavy atom. The van der Waals surface area contributed by atoms with Gasteiger partial charge >= 0.3 is 5.69 Å². The van der Waals surface area contributed by atoms with Gasteiger partial charge in [0.15, 0.2) is 5.52 Å². The molecule has 2 aliphatic rings. The van der Waals surface area contributed by atoms with Crippen LogP contribution >= 0.6 is 0 Å². The summed E-state index contributed by atoms with van der Waals surface area (Å²) in [6, 6.07) is 3.61. The fourth-order valence-corrected chi connectivity index (χ4v) is 3.74. The Morgan fingerprint density at radius 1 is 1.25 bits per heavy atom. The van der Waals surface area contributed by atoms with Crippen molar-refractivity contribution in [3.05, 3.63) is 22.2 Å². The first kappa shape index (κ1) is 11.6. The Morgan fingerprint density at radius 3 is 2.80 bits per heavy atom. The summed E-state index contributed by atoms with van der Waals surface area (Å²) in [6.07, 6.45) is 5.08. The summed E-state index contributed by atoms with van der Waals surface area (Å²) in [4.78, 5) is 10.5. The van der Waals surface area contributed by atoms with E-state index < -0.39 is 4.92 Å². The topological polar surface area (TPSA) is 94.1 Å². The monoisotopic (exact) mass is 274 g/mol. The highest BCUT2D eigenvalue weighted by Crippen LogP contribution is 2.46. The van der Waals surface area contributed by atoms with Gasteiger partial charge in [0.1, 0.15) is 0 Å². The molecule has 0 aliphatic heterocycles. The Labute approximate surface area is 114 Å². The highest BCUT2D eigenvalue weighted by molar-refractivity contribution is 5.93. The number of hydrogen-bond acceptors (Lipinski definition) is 6. The molecular weight excluding hydrogens is 260 g/mol. The van der Waals surface area contributed by atoms with E-state index in [1.54, 1.807) is 6.07 Å². The lowest BCUT2D eigenvalue weighted by Crippen LogP contribution is -2.25. The molecule has 7 nitrogen and oxygen atoms in total. The van der Waals surface area contributed by atoms with Gasteiger partial charge < -0.3 is 5.32 Å². The van der Waals surface area contributed by atoms with Crippen molar-refractivity contribution in [3.63, 3.8) is 0 Å². The molecular formula is C13H14N4O3. The zero-order valence-electron chi connectivity index (χ0n) is 10.8. The van der Waals surface area contributed by atoms with E-state index in [0.29, 0.717) is 17.5 Å². The third-order valence-electron chi connectivity index (χ3n) is 4.67. The molecule has 0 radical (unpaired) electrons. The second-order valence-corrected chi connectivity index (χ2v) is 5.78. The van der Waals surface area contributed by atoms with Gasteiger partial charge in [0.05, 0.1) is 10.6 Å². The number of nitrogens with one attached hydrogen (secondary N) is 1. The Balaban J connectivity index is 1.69. The molecule has 4 rings (SSSR count). The summed E-state index contributed by atoms with van der Waals surface area (Å²) < 4.78 is 4.68. The number of nitro groups is 1. The van der Waals surface area contributed by atoms with E-state index in [-0.39, 0.29) is 11.2 Å². The molecule has 0 spiro atoms. The minimum absolute atomic E-state index is 0.0697. The van der Waals surface area contributed by atoms with Crippen molar-refractivity contribution < 1.29 is 9.55 Å². The fraction of sp³-hybridized carbons (Fsp3) is 0.538. The maximum Gasteiger partial charge on any atom is 0.300 e. The predicted molar refractivity (Wildman–Crippen MR) is 71.3 cm³/mol. The highest BCUT2D eigenvalue weighted by Gasteiger charge is 2.39. The predicted octanol–water partition coefficient (Wildman–Crippen LogP) is 2.73. The summed E-state index contributed by atoms with van der Waals surface area (Å²) in [6.45, 7) is 0. The minimum atomic E-state index is -0.464. The smallest absolute Gasteiger partial charge is 0.300 e. The van der Waals surface area contributed by atoms with Gasteiger partial charge in [0.2, 0.25) is 5.52 Å². The number of fused-ring (bicyclic) bond motifs is 3. The fourth-order valence-electron chi connectivity index (χ4n) is 3.74. The van der Waals surface area contributed by atoms with Gasteiger partial charge in [0, 0.05) is 12.1 Å². The Hall–Kier alpha value is -2.18. The van der Waals surface area contributed by atoms with Crippen LogP contribution in [0.5, 0.6) is 0 Å². The number of anilines is 1. The lowest BCUT2D eigenvalue weighted by atomic mass is 9.95. The maximum atomic E-state index is 10.9. The number of aromatic nitrogens is 2. The van der Waals surface area contributed by atoms with Crippen LogP contribution in [0.25, 0.3) is 11.0 Å². The molecule has 20 heavy (non-hydrogen) atoms. The zero-order valence-corrected chi connectivity index (χ0v) is 10.8. The number of hydrogen-bond donors (Lipinski definition) is 1. The first-order valence-corrected chi connectivity index (χ1v) is 6.88. The van der Waals surface area contributed by atoms with Crippen molar-refractivity contribution >= 4 is 22.4 Å². The van der Waals surface area contributed by atoms with Gasteiger partial charge in [-0.25, -0.2) is 4.63 Å². The normalized spacial score (nSPS) is 28.1. The molecule has 0 saturated heterocycles. The van der Waals surface area contributed by atoms with E-state index in [1.165, 1.54) is 31.7 Å². The van der Waals surface area contributed by atoms with Crippen molar-refractivity contribution in [1.29, 1.82) is 0 Å². The molecule has 104 valence electrons. The highest BCUT2D eigenvalue weighted by atomic mass is 16.6. The van der Waals surface area contributed by atoms with Crippen LogP contribution in [-0.4, -0.2) is 21.3 Å². The van der Waals surface area contributed by atoms with Crippen LogP contribution in [-0.2, 0) is 0 Å². The van der Waals surface area contributed by atoms with Gasteiger partial charge in [-0.15, -0.1) is 0 Å². The number of nitrogens with zero attached hydrogens (tertiary/aromatic N) is 3. The Bertz CT molecular complexity index is 683. The molecule has 1 aromatic carbocycles. The van der Waals surface area contributed by atoms with Crippen LogP contribution in [0, 0.1) is 22.0 Å². The van der Waals surface area contributed by atoms with Crippen LogP contribution < -0.4 is 5.32 Å². The average Bonchev–Trinajstić information content (AvgIpc) is 3.14. The van der Waals surface area contributed by atoms with E-state index in [4.69, 9.17) is 0 Å². The van der Waals surface area contributed by atoms with E-state index >= 15 is 0 Å². The van der Waals surface area contributed by atoms with Crippen molar-refractivity contribution in [1.82, 2.24) is 10.3 Å². The molecule has 2 fully saturated rings. The lowest BCUT2D eigenvalue weighted by Gasteiger charge is -2.23. The third-order valence-corrected chi connectivity index (χ3v) is 4.67. The number of nitro benzene ring substituents is 1. The summed E-state index contributed by atoms with van der Waals surface area (Å²) in [5, 5.41) is 21.9. The first-order chi connectivity index (χ1) is 9.72. The third kappa shape index (κ3) is 1.65. The largest absolute Gasteiger partial charge is 0.380 e. The molecule has 1 heterocycles. The average molecular weight is 274 g/mol. The minimum Gasteiger partial charge on any atom is -0.380 e. The molecule has 2 bridgehead atoms. The standard InChI is InChI=1S/C13H14N4O3/c18-17(19)11-4-3-9(12-13(11)16-20-15-12)14-10-6-7-1-2-8(10)5-7/h3-4,7-8,10,14H,1-2,5-6H2. The van der Waals surface area contributed by atoms with E-state index in [9.17, 15) is 10.1 Å². The summed E-state index contributed by atoms with van der Waals surface area (Å²) in [7, 11) is 0. The second-order valence-electron chi connectivity index (χ2n) is 5.78. The van der Waals surface area contributed by atoms with Crippen molar-refractivity contribution in [2.45, 2.75) is 31.7 Å².